The second-order valence-corrected chi connectivity index (χ2v) is 9.49. The Morgan fingerprint density at radius 1 is 1.10 bits per heavy atom. The summed E-state index contributed by atoms with van der Waals surface area (Å²) in [7, 11) is 0. The minimum absolute atomic E-state index is 0. The normalized spacial score (nSPS) is 13.8. The number of nitrogens with zero attached hydrogens (tertiary/aromatic N) is 2. The Labute approximate surface area is 228 Å². The van der Waals surface area contributed by atoms with Crippen molar-refractivity contribution in [3.63, 3.8) is 0 Å². The SMILES string of the molecule is CCN(CC)CCNC(=O)c1c(C)[nH]c(/C=C2\C(=O)N(C(=O)Oc3ccc(C)cc3)c3ccc(F)cc32)c1C.[HH]. The number of hydrogen-bond donors (Lipinski definition) is 2. The number of nitrogens with one attached hydrogen (secondary N) is 2. The maximum atomic E-state index is 14.3. The van der Waals surface area contributed by atoms with E-state index in [0.29, 0.717) is 29.1 Å². The summed E-state index contributed by atoms with van der Waals surface area (Å²) in [4.78, 5) is 45.8. The van der Waals surface area contributed by atoms with Gasteiger partial charge in [0.15, 0.2) is 0 Å². The average Bonchev–Trinajstić information content (AvgIpc) is 3.34. The van der Waals surface area contributed by atoms with Gasteiger partial charge in [-0.15, -0.1) is 0 Å². The molecule has 206 valence electrons. The Balaban J connectivity index is 0.00000441. The third-order valence-corrected chi connectivity index (χ3v) is 6.93. The van der Waals surface area contributed by atoms with Gasteiger partial charge in [-0.05, 0) is 75.8 Å². The molecule has 8 nitrogen and oxygen atoms in total. The Hall–Kier alpha value is -4.24. The molecule has 2 N–H and O–H groups in total. The number of anilines is 1. The second kappa shape index (κ2) is 11.7. The van der Waals surface area contributed by atoms with Crippen molar-refractivity contribution in [3.05, 3.63) is 81.9 Å². The number of H-pyrrole nitrogens is 1. The van der Waals surface area contributed by atoms with Crippen molar-refractivity contribution in [2.24, 2.45) is 0 Å². The molecule has 0 bridgehead atoms. The molecule has 3 aromatic rings. The van der Waals surface area contributed by atoms with Gasteiger partial charge in [0, 0.05) is 31.5 Å². The van der Waals surface area contributed by atoms with Gasteiger partial charge in [-0.25, -0.2) is 14.1 Å². The van der Waals surface area contributed by atoms with Crippen LogP contribution in [0.25, 0.3) is 11.6 Å². The molecule has 1 aromatic heterocycles. The van der Waals surface area contributed by atoms with E-state index in [9.17, 15) is 18.8 Å². The summed E-state index contributed by atoms with van der Waals surface area (Å²) in [6.07, 6.45) is 0.655. The average molecular weight is 535 g/mol. The van der Waals surface area contributed by atoms with E-state index >= 15 is 0 Å². The van der Waals surface area contributed by atoms with E-state index in [1.807, 2.05) is 6.92 Å². The molecule has 2 heterocycles. The summed E-state index contributed by atoms with van der Waals surface area (Å²) in [6.45, 7) is 12.7. The largest absolute Gasteiger partial charge is 0.426 e. The van der Waals surface area contributed by atoms with Crippen molar-refractivity contribution in [1.82, 2.24) is 15.2 Å². The van der Waals surface area contributed by atoms with Crippen molar-refractivity contribution in [2.75, 3.05) is 31.1 Å². The number of carbonyl (C=O) groups excluding carboxylic acids is 3. The fraction of sp³-hybridized carbons (Fsp3) is 0.300. The number of likely N-dealkylation sites (N-methyl/N-ethyl adjacent to an activating group) is 1. The first-order valence-electron chi connectivity index (χ1n) is 13.0. The lowest BCUT2D eigenvalue weighted by molar-refractivity contribution is -0.112. The van der Waals surface area contributed by atoms with Crippen molar-refractivity contribution >= 4 is 35.2 Å². The van der Waals surface area contributed by atoms with Crippen LogP contribution in [0, 0.1) is 26.6 Å². The molecular weight excluding hydrogens is 499 g/mol. The molecule has 0 spiro atoms. The molecule has 4 rings (SSSR count). The van der Waals surface area contributed by atoms with Crippen LogP contribution in [0.4, 0.5) is 14.9 Å². The summed E-state index contributed by atoms with van der Waals surface area (Å²) in [5.41, 5.74) is 3.88. The summed E-state index contributed by atoms with van der Waals surface area (Å²) >= 11 is 0. The Morgan fingerprint density at radius 2 is 1.79 bits per heavy atom. The van der Waals surface area contributed by atoms with Crippen LogP contribution in [0.1, 0.15) is 53.7 Å². The lowest BCUT2D eigenvalue weighted by atomic mass is 10.0. The highest BCUT2D eigenvalue weighted by Gasteiger charge is 2.38. The van der Waals surface area contributed by atoms with Crippen LogP contribution in [0.15, 0.2) is 42.5 Å². The van der Waals surface area contributed by atoms with E-state index < -0.39 is 17.8 Å². The number of fused-ring (bicyclic) bond motifs is 1. The molecule has 0 saturated heterocycles. The molecule has 1 aliphatic rings. The minimum Gasteiger partial charge on any atom is -0.410 e. The first-order valence-corrected chi connectivity index (χ1v) is 13.0. The van der Waals surface area contributed by atoms with Crippen molar-refractivity contribution in [3.8, 4) is 5.75 Å². The number of rotatable bonds is 8. The smallest absolute Gasteiger partial charge is 0.410 e. The van der Waals surface area contributed by atoms with Crippen LogP contribution in [-0.2, 0) is 4.79 Å². The van der Waals surface area contributed by atoms with E-state index in [0.717, 1.165) is 30.1 Å². The molecule has 9 heteroatoms. The number of aromatic nitrogens is 1. The van der Waals surface area contributed by atoms with Gasteiger partial charge in [-0.1, -0.05) is 31.5 Å². The lowest BCUT2D eigenvalue weighted by Crippen LogP contribution is -2.35. The summed E-state index contributed by atoms with van der Waals surface area (Å²) in [6, 6.07) is 10.6. The topological polar surface area (TPSA) is 94.7 Å². The number of amides is 3. The Kier molecular flexibility index (Phi) is 8.30. The van der Waals surface area contributed by atoms with Crippen molar-refractivity contribution in [2.45, 2.75) is 34.6 Å². The van der Waals surface area contributed by atoms with Gasteiger partial charge < -0.3 is 19.9 Å². The zero-order chi connectivity index (χ0) is 28.3. The van der Waals surface area contributed by atoms with E-state index in [1.165, 1.54) is 18.2 Å². The first kappa shape index (κ1) is 27.8. The maximum absolute atomic E-state index is 14.3. The zero-order valence-corrected chi connectivity index (χ0v) is 22.9. The highest BCUT2D eigenvalue weighted by Crippen LogP contribution is 2.39. The van der Waals surface area contributed by atoms with Crippen LogP contribution < -0.4 is 15.0 Å². The van der Waals surface area contributed by atoms with E-state index in [1.54, 1.807) is 44.2 Å². The predicted octanol–water partition coefficient (Wildman–Crippen LogP) is 5.48. The summed E-state index contributed by atoms with van der Waals surface area (Å²) in [5, 5.41) is 2.96. The zero-order valence-electron chi connectivity index (χ0n) is 22.9. The fourth-order valence-corrected chi connectivity index (χ4v) is 4.70. The third-order valence-electron chi connectivity index (χ3n) is 6.93. The Morgan fingerprint density at radius 3 is 2.46 bits per heavy atom. The highest BCUT2D eigenvalue weighted by molar-refractivity contribution is 6.41. The molecule has 0 radical (unpaired) electrons. The standard InChI is InChI=1S/C30H33FN4O4.H2/c1-6-34(7-2)15-14-32-28(36)27-19(4)25(33-20(27)5)17-24-23-16-21(31)10-13-26(23)35(29(24)37)30(38)39-22-11-8-18(3)9-12-22;/h8-13,16-17,33H,6-7,14-15H2,1-5H3,(H,32,36);1H/b24-17-;. The highest BCUT2D eigenvalue weighted by atomic mass is 19.1. The van der Waals surface area contributed by atoms with Gasteiger partial charge in [0.25, 0.3) is 11.8 Å². The Bertz CT molecular complexity index is 1440. The molecule has 0 atom stereocenters. The molecular formula is C30H35FN4O4. The number of aromatic amines is 1. The lowest BCUT2D eigenvalue weighted by Gasteiger charge is -2.18. The number of benzene rings is 2. The summed E-state index contributed by atoms with van der Waals surface area (Å²) in [5.74, 6) is -1.13. The molecule has 2 aromatic carbocycles. The van der Waals surface area contributed by atoms with Crippen LogP contribution in [0.2, 0.25) is 0 Å². The minimum atomic E-state index is -0.896. The van der Waals surface area contributed by atoms with E-state index in [4.69, 9.17) is 4.74 Å². The fourth-order valence-electron chi connectivity index (χ4n) is 4.70. The number of imide groups is 1. The molecule has 0 saturated carbocycles. The molecule has 39 heavy (non-hydrogen) atoms. The van der Waals surface area contributed by atoms with Gasteiger partial charge in [0.1, 0.15) is 11.6 Å². The number of halogens is 1. The molecule has 0 fully saturated rings. The predicted molar refractivity (Wildman–Crippen MR) is 151 cm³/mol. The van der Waals surface area contributed by atoms with Crippen molar-refractivity contribution < 1.29 is 24.9 Å². The van der Waals surface area contributed by atoms with Crippen LogP contribution >= 0.6 is 0 Å². The van der Waals surface area contributed by atoms with E-state index in [-0.39, 0.29) is 29.9 Å². The first-order chi connectivity index (χ1) is 18.6. The second-order valence-electron chi connectivity index (χ2n) is 9.49. The molecule has 0 unspecified atom stereocenters. The third kappa shape index (κ3) is 5.78. The van der Waals surface area contributed by atoms with Crippen LogP contribution in [0.3, 0.4) is 0 Å². The maximum Gasteiger partial charge on any atom is 0.426 e. The quantitative estimate of drug-likeness (QED) is 0.373. The molecule has 0 aliphatic carbocycles. The van der Waals surface area contributed by atoms with E-state index in [2.05, 4.69) is 29.0 Å². The number of aryl methyl sites for hydroxylation is 2. The number of carbonyl (C=O) groups is 3. The van der Waals surface area contributed by atoms with Gasteiger partial charge in [-0.3, -0.25) is 9.59 Å². The summed E-state index contributed by atoms with van der Waals surface area (Å²) < 4.78 is 19.7. The van der Waals surface area contributed by atoms with Crippen LogP contribution in [-0.4, -0.2) is 54.0 Å². The molecule has 3 amide bonds. The van der Waals surface area contributed by atoms with Gasteiger partial charge in [0.2, 0.25) is 0 Å². The number of ether oxygens (including phenoxy) is 1. The number of hydrogen-bond acceptors (Lipinski definition) is 5. The van der Waals surface area contributed by atoms with Gasteiger partial charge in [-0.2, -0.15) is 0 Å². The monoisotopic (exact) mass is 534 g/mol. The molecule has 1 aliphatic heterocycles. The van der Waals surface area contributed by atoms with Gasteiger partial charge in [0.05, 0.1) is 16.8 Å². The van der Waals surface area contributed by atoms with Gasteiger partial charge >= 0.3 is 6.09 Å². The van der Waals surface area contributed by atoms with Crippen molar-refractivity contribution in [1.29, 1.82) is 0 Å². The van der Waals surface area contributed by atoms with Crippen LogP contribution in [0.5, 0.6) is 5.75 Å².